The van der Waals surface area contributed by atoms with Crippen molar-refractivity contribution >= 4 is 34.0 Å². The quantitative estimate of drug-likeness (QED) is 0.450. The summed E-state index contributed by atoms with van der Waals surface area (Å²) in [4.78, 5) is 0. The van der Waals surface area contributed by atoms with E-state index in [-0.39, 0.29) is 23.3 Å². The van der Waals surface area contributed by atoms with Gasteiger partial charge in [0, 0.05) is 6.54 Å². The third-order valence-electron chi connectivity index (χ3n) is 4.12. The number of nitrogens with zero attached hydrogens (tertiary/aromatic N) is 3. The highest BCUT2D eigenvalue weighted by molar-refractivity contribution is 7.84. The van der Waals surface area contributed by atoms with Crippen LogP contribution in [-0.2, 0) is 35.9 Å². The first-order valence-corrected chi connectivity index (χ1v) is 10.8. The summed E-state index contributed by atoms with van der Waals surface area (Å²) in [5, 5.41) is 8.98. The van der Waals surface area contributed by atoms with Crippen LogP contribution in [-0.4, -0.2) is 19.0 Å². The van der Waals surface area contributed by atoms with Gasteiger partial charge < -0.3 is 9.30 Å². The molecule has 3 aromatic rings. The van der Waals surface area contributed by atoms with E-state index >= 15 is 0 Å². The van der Waals surface area contributed by atoms with Crippen molar-refractivity contribution in [1.82, 2.24) is 14.8 Å². The van der Waals surface area contributed by atoms with Crippen LogP contribution in [0.4, 0.5) is 13.2 Å². The molecule has 160 valence electrons. The average Bonchev–Trinajstić information content (AvgIpc) is 3.12. The second-order valence-corrected chi connectivity index (χ2v) is 8.35. The molecular weight excluding hydrogens is 462 g/mol. The van der Waals surface area contributed by atoms with Gasteiger partial charge in [-0.15, -0.1) is 10.2 Å². The summed E-state index contributed by atoms with van der Waals surface area (Å²) in [6, 6.07) is 9.53. The highest BCUT2D eigenvalue weighted by Gasteiger charge is 2.30. The summed E-state index contributed by atoms with van der Waals surface area (Å²) < 4.78 is 58.4. The number of alkyl halides is 3. The minimum atomic E-state index is -4.46. The summed E-state index contributed by atoms with van der Waals surface area (Å²) in [7, 11) is -1.52. The third-order valence-corrected chi connectivity index (χ3v) is 6.17. The summed E-state index contributed by atoms with van der Waals surface area (Å²) in [6.07, 6.45) is -4.46. The van der Waals surface area contributed by atoms with Crippen molar-refractivity contribution in [3.05, 3.63) is 69.5 Å². The van der Waals surface area contributed by atoms with Crippen molar-refractivity contribution < 1.29 is 22.1 Å². The zero-order valence-electron chi connectivity index (χ0n) is 15.6. The molecule has 0 aliphatic carbocycles. The molecule has 0 N–H and O–H groups in total. The Bertz CT molecular complexity index is 1070. The van der Waals surface area contributed by atoms with Crippen molar-refractivity contribution in [2.24, 2.45) is 0 Å². The molecule has 2 aromatic carbocycles. The zero-order chi connectivity index (χ0) is 21.9. The van der Waals surface area contributed by atoms with Crippen LogP contribution in [0.2, 0.25) is 10.0 Å². The van der Waals surface area contributed by atoms with E-state index < -0.39 is 22.5 Å². The maximum Gasteiger partial charge on any atom is 0.416 e. The number of halogens is 5. The Morgan fingerprint density at radius 1 is 1.10 bits per heavy atom. The number of hydrogen-bond donors (Lipinski definition) is 0. The van der Waals surface area contributed by atoms with Crippen LogP contribution in [0.1, 0.15) is 23.9 Å². The average molecular weight is 478 g/mol. The molecule has 1 atom stereocenters. The molecule has 0 radical (unpaired) electrons. The Labute approximate surface area is 183 Å². The zero-order valence-corrected chi connectivity index (χ0v) is 17.9. The predicted molar refractivity (Wildman–Crippen MR) is 108 cm³/mol. The number of benzene rings is 2. The number of rotatable bonds is 7. The molecule has 0 aliphatic heterocycles. The summed E-state index contributed by atoms with van der Waals surface area (Å²) in [6.45, 7) is 2.11. The van der Waals surface area contributed by atoms with E-state index in [0.29, 0.717) is 22.4 Å². The fourth-order valence-corrected chi connectivity index (χ4v) is 4.21. The molecule has 1 aromatic heterocycles. The largest absolute Gasteiger partial charge is 0.486 e. The maximum absolute atomic E-state index is 12.8. The van der Waals surface area contributed by atoms with Gasteiger partial charge in [0.2, 0.25) is 5.16 Å². The van der Waals surface area contributed by atoms with E-state index in [4.69, 9.17) is 27.9 Å². The van der Waals surface area contributed by atoms with E-state index in [0.717, 1.165) is 17.7 Å². The van der Waals surface area contributed by atoms with Gasteiger partial charge in [-0.05, 0) is 42.8 Å². The predicted octanol–water partition coefficient (Wildman–Crippen LogP) is 5.51. The van der Waals surface area contributed by atoms with Crippen molar-refractivity contribution in [2.75, 3.05) is 0 Å². The molecule has 0 bridgehead atoms. The molecule has 0 fully saturated rings. The Morgan fingerprint density at radius 3 is 2.53 bits per heavy atom. The molecule has 1 heterocycles. The van der Waals surface area contributed by atoms with Gasteiger partial charge in [0.15, 0.2) is 5.82 Å². The molecule has 0 amide bonds. The molecule has 11 heteroatoms. The Morgan fingerprint density at radius 2 is 1.87 bits per heavy atom. The van der Waals surface area contributed by atoms with Crippen LogP contribution in [0.3, 0.4) is 0 Å². The second-order valence-electron chi connectivity index (χ2n) is 6.20. The lowest BCUT2D eigenvalue weighted by molar-refractivity contribution is -0.137. The summed E-state index contributed by atoms with van der Waals surface area (Å²) in [5.41, 5.74) is -0.0875. The second kappa shape index (κ2) is 9.36. The van der Waals surface area contributed by atoms with Crippen LogP contribution in [0, 0.1) is 0 Å². The van der Waals surface area contributed by atoms with E-state index in [1.165, 1.54) is 12.1 Å². The smallest absolute Gasteiger partial charge is 0.416 e. The molecule has 30 heavy (non-hydrogen) atoms. The highest BCUT2D eigenvalue weighted by Crippen LogP contribution is 2.31. The van der Waals surface area contributed by atoms with Crippen molar-refractivity contribution in [1.29, 1.82) is 0 Å². The fraction of sp³-hybridized carbons (Fsp3) is 0.263. The Kier molecular flexibility index (Phi) is 7.05. The Hall–Kier alpha value is -2.10. The van der Waals surface area contributed by atoms with Gasteiger partial charge >= 0.3 is 6.18 Å². The van der Waals surface area contributed by atoms with Gasteiger partial charge in [-0.2, -0.15) is 13.2 Å². The van der Waals surface area contributed by atoms with Crippen LogP contribution in [0.15, 0.2) is 47.6 Å². The van der Waals surface area contributed by atoms with Crippen LogP contribution >= 0.6 is 23.2 Å². The highest BCUT2D eigenvalue weighted by atomic mass is 35.5. The topological polar surface area (TPSA) is 57.0 Å². The van der Waals surface area contributed by atoms with E-state index in [1.54, 1.807) is 22.8 Å². The minimum absolute atomic E-state index is 0.0500. The first kappa shape index (κ1) is 22.6. The molecule has 0 aliphatic rings. The normalized spacial score (nSPS) is 12.7. The number of hydrogen-bond acceptors (Lipinski definition) is 4. The van der Waals surface area contributed by atoms with Crippen molar-refractivity contribution in [3.63, 3.8) is 0 Å². The third kappa shape index (κ3) is 5.33. The Balaban J connectivity index is 1.74. The molecule has 0 saturated heterocycles. The molecule has 5 nitrogen and oxygen atoms in total. The number of aromatic nitrogens is 3. The van der Waals surface area contributed by atoms with Gasteiger partial charge in [-0.3, -0.25) is 4.21 Å². The maximum atomic E-state index is 12.8. The first-order valence-electron chi connectivity index (χ1n) is 8.73. The minimum Gasteiger partial charge on any atom is -0.486 e. The van der Waals surface area contributed by atoms with Crippen molar-refractivity contribution in [3.8, 4) is 5.75 Å². The lowest BCUT2D eigenvalue weighted by atomic mass is 10.2. The monoisotopic (exact) mass is 477 g/mol. The molecule has 3 rings (SSSR count). The van der Waals surface area contributed by atoms with Gasteiger partial charge in [0.05, 0.1) is 32.2 Å². The van der Waals surface area contributed by atoms with E-state index in [1.807, 2.05) is 6.92 Å². The van der Waals surface area contributed by atoms with E-state index in [2.05, 4.69) is 10.2 Å². The lowest BCUT2D eigenvalue weighted by Gasteiger charge is -2.11. The van der Waals surface area contributed by atoms with Gasteiger partial charge in [-0.1, -0.05) is 35.3 Å². The van der Waals surface area contributed by atoms with Crippen LogP contribution in [0.5, 0.6) is 5.75 Å². The van der Waals surface area contributed by atoms with Crippen LogP contribution in [0.25, 0.3) is 0 Å². The molecule has 0 spiro atoms. The van der Waals surface area contributed by atoms with Crippen molar-refractivity contribution in [2.45, 2.75) is 37.2 Å². The molecule has 0 saturated carbocycles. The van der Waals surface area contributed by atoms with Gasteiger partial charge in [0.1, 0.15) is 12.4 Å². The van der Waals surface area contributed by atoms with Gasteiger partial charge in [0.25, 0.3) is 0 Å². The van der Waals surface area contributed by atoms with Gasteiger partial charge in [-0.25, -0.2) is 0 Å². The standard InChI is InChI=1S/C19H16Cl2F3N3O2S/c1-2-27-17(10-29-14-5-3-4-13(9-14)19(22,23)24)25-26-18(27)30(28)11-12-6-7-15(20)16(21)8-12/h3-9H,2,10-11H2,1H3/t30-/m1/s1. The SMILES string of the molecule is CCn1c(COc2cccc(C(F)(F)F)c2)nnc1[S@](=O)Cc1ccc(Cl)c(Cl)c1. The molecular formula is C19H16Cl2F3N3O2S. The summed E-state index contributed by atoms with van der Waals surface area (Å²) in [5.74, 6) is 0.560. The number of ether oxygens (including phenoxy) is 1. The molecule has 0 unspecified atom stereocenters. The first-order chi connectivity index (χ1) is 14.2. The lowest BCUT2D eigenvalue weighted by Crippen LogP contribution is -2.11. The summed E-state index contributed by atoms with van der Waals surface area (Å²) >= 11 is 11.9. The fourth-order valence-electron chi connectivity index (χ4n) is 2.67. The van der Waals surface area contributed by atoms with E-state index in [9.17, 15) is 17.4 Å². The van der Waals surface area contributed by atoms with Crippen LogP contribution < -0.4 is 4.74 Å².